The molecule has 0 spiro atoms. The number of furan rings is 1. The summed E-state index contributed by atoms with van der Waals surface area (Å²) in [6.07, 6.45) is 3.45. The lowest BCUT2D eigenvalue weighted by Crippen LogP contribution is -2.05. The third-order valence-corrected chi connectivity index (χ3v) is 2.74. The topological polar surface area (TPSA) is 25.2 Å². The van der Waals surface area contributed by atoms with Crippen LogP contribution in [0, 0.1) is 0 Å². The number of halogens is 1. The molecule has 0 saturated carbocycles. The summed E-state index contributed by atoms with van der Waals surface area (Å²) < 4.78 is 6.12. The maximum Gasteiger partial charge on any atom is 0.0955 e. The molecule has 1 unspecified atom stereocenters. The van der Waals surface area contributed by atoms with E-state index >= 15 is 0 Å². The van der Waals surface area contributed by atoms with Crippen LogP contribution in [0.4, 0.5) is 5.69 Å². The van der Waals surface area contributed by atoms with E-state index in [1.807, 2.05) is 24.3 Å². The minimum atomic E-state index is 0.248. The summed E-state index contributed by atoms with van der Waals surface area (Å²) >= 11 is 3.44. The third-order valence-electron chi connectivity index (χ3n) is 2.25. The van der Waals surface area contributed by atoms with Gasteiger partial charge in [0.2, 0.25) is 0 Å². The molecule has 2 aromatic rings. The van der Waals surface area contributed by atoms with Crippen LogP contribution in [0.2, 0.25) is 0 Å². The average Bonchev–Trinajstić information content (AvgIpc) is 2.70. The third kappa shape index (κ3) is 2.63. The lowest BCUT2D eigenvalue weighted by Gasteiger charge is -2.13. The molecule has 0 saturated heterocycles. The largest absolute Gasteiger partial charge is 0.472 e. The van der Waals surface area contributed by atoms with Crippen LogP contribution in [0.3, 0.4) is 0 Å². The molecule has 3 heteroatoms. The van der Waals surface area contributed by atoms with E-state index in [9.17, 15) is 0 Å². The van der Waals surface area contributed by atoms with Crippen molar-refractivity contribution in [1.82, 2.24) is 0 Å². The summed E-state index contributed by atoms with van der Waals surface area (Å²) in [5, 5.41) is 3.40. The Morgan fingerprint density at radius 2 is 2.20 bits per heavy atom. The van der Waals surface area contributed by atoms with Gasteiger partial charge < -0.3 is 9.73 Å². The van der Waals surface area contributed by atoms with Gasteiger partial charge in [-0.15, -0.1) is 0 Å². The van der Waals surface area contributed by atoms with Crippen LogP contribution >= 0.6 is 15.9 Å². The lowest BCUT2D eigenvalue weighted by molar-refractivity contribution is 0.562. The molecule has 1 heterocycles. The fourth-order valence-corrected chi connectivity index (χ4v) is 1.83. The Hall–Kier alpha value is -1.22. The predicted octanol–water partition coefficient (Wildman–Crippen LogP) is 4.22. The number of rotatable bonds is 3. The van der Waals surface area contributed by atoms with Crippen molar-refractivity contribution in [3.8, 4) is 0 Å². The Labute approximate surface area is 97.4 Å². The summed E-state index contributed by atoms with van der Waals surface area (Å²) in [4.78, 5) is 0. The minimum Gasteiger partial charge on any atom is -0.472 e. The van der Waals surface area contributed by atoms with Crippen molar-refractivity contribution in [3.05, 3.63) is 52.9 Å². The zero-order chi connectivity index (χ0) is 10.7. The van der Waals surface area contributed by atoms with E-state index in [-0.39, 0.29) is 6.04 Å². The van der Waals surface area contributed by atoms with E-state index < -0.39 is 0 Å². The standard InChI is InChI=1S/C12H12BrNO/c1-9(10-5-6-15-8-10)14-12-4-2-3-11(13)7-12/h2-9,14H,1H3. The van der Waals surface area contributed by atoms with E-state index in [1.165, 1.54) is 0 Å². The summed E-state index contributed by atoms with van der Waals surface area (Å²) in [7, 11) is 0. The quantitative estimate of drug-likeness (QED) is 0.899. The molecule has 1 aromatic carbocycles. The van der Waals surface area contributed by atoms with Gasteiger partial charge in [0.1, 0.15) is 0 Å². The van der Waals surface area contributed by atoms with Crippen LogP contribution in [0.5, 0.6) is 0 Å². The number of hydrogen-bond acceptors (Lipinski definition) is 2. The molecule has 78 valence electrons. The maximum atomic E-state index is 5.05. The zero-order valence-corrected chi connectivity index (χ0v) is 9.99. The second-order valence-electron chi connectivity index (χ2n) is 3.43. The van der Waals surface area contributed by atoms with Crippen LogP contribution in [0.25, 0.3) is 0 Å². The highest BCUT2D eigenvalue weighted by molar-refractivity contribution is 9.10. The normalized spacial score (nSPS) is 12.4. The SMILES string of the molecule is CC(Nc1cccc(Br)c1)c1ccoc1. The van der Waals surface area contributed by atoms with Gasteiger partial charge in [-0.25, -0.2) is 0 Å². The smallest absolute Gasteiger partial charge is 0.0955 e. The molecule has 0 aliphatic rings. The van der Waals surface area contributed by atoms with Crippen LogP contribution in [-0.2, 0) is 0 Å². The van der Waals surface area contributed by atoms with Crippen molar-refractivity contribution in [2.75, 3.05) is 5.32 Å². The number of benzene rings is 1. The van der Waals surface area contributed by atoms with Gasteiger partial charge in [-0.1, -0.05) is 22.0 Å². The van der Waals surface area contributed by atoms with E-state index in [1.54, 1.807) is 12.5 Å². The Kier molecular flexibility index (Phi) is 3.11. The molecule has 0 aliphatic carbocycles. The highest BCUT2D eigenvalue weighted by atomic mass is 79.9. The molecule has 0 radical (unpaired) electrons. The molecule has 0 amide bonds. The van der Waals surface area contributed by atoms with Crippen molar-refractivity contribution < 1.29 is 4.42 Å². The zero-order valence-electron chi connectivity index (χ0n) is 8.41. The summed E-state index contributed by atoms with van der Waals surface area (Å²) in [6.45, 7) is 2.10. The average molecular weight is 266 g/mol. The van der Waals surface area contributed by atoms with Gasteiger partial charge in [-0.3, -0.25) is 0 Å². The van der Waals surface area contributed by atoms with Crippen LogP contribution in [0.1, 0.15) is 18.5 Å². The molecule has 2 rings (SSSR count). The molecule has 1 atom stereocenters. The Balaban J connectivity index is 2.09. The number of anilines is 1. The fraction of sp³-hybridized carbons (Fsp3) is 0.167. The first-order valence-electron chi connectivity index (χ1n) is 4.80. The van der Waals surface area contributed by atoms with Gasteiger partial charge in [0.15, 0.2) is 0 Å². The van der Waals surface area contributed by atoms with E-state index in [0.29, 0.717) is 0 Å². The lowest BCUT2D eigenvalue weighted by atomic mass is 10.1. The van der Waals surface area contributed by atoms with Crippen molar-refractivity contribution in [3.63, 3.8) is 0 Å². The molecule has 0 aliphatic heterocycles. The van der Waals surface area contributed by atoms with E-state index in [0.717, 1.165) is 15.7 Å². The fourth-order valence-electron chi connectivity index (χ4n) is 1.43. The maximum absolute atomic E-state index is 5.05. The first-order chi connectivity index (χ1) is 7.25. The Morgan fingerprint density at radius 3 is 2.87 bits per heavy atom. The first kappa shape index (κ1) is 10.3. The van der Waals surface area contributed by atoms with Crippen molar-refractivity contribution in [2.24, 2.45) is 0 Å². The van der Waals surface area contributed by atoms with Gasteiger partial charge in [0.05, 0.1) is 18.6 Å². The summed E-state index contributed by atoms with van der Waals surface area (Å²) in [6, 6.07) is 10.3. The molecule has 1 N–H and O–H groups in total. The van der Waals surface area contributed by atoms with Crippen molar-refractivity contribution in [1.29, 1.82) is 0 Å². The summed E-state index contributed by atoms with van der Waals surface area (Å²) in [5.74, 6) is 0. The first-order valence-corrected chi connectivity index (χ1v) is 5.59. The van der Waals surface area contributed by atoms with Crippen LogP contribution < -0.4 is 5.32 Å². The van der Waals surface area contributed by atoms with Gasteiger partial charge >= 0.3 is 0 Å². The van der Waals surface area contributed by atoms with Crippen molar-refractivity contribution >= 4 is 21.6 Å². The molecule has 0 bridgehead atoms. The van der Waals surface area contributed by atoms with Gasteiger partial charge in [-0.2, -0.15) is 0 Å². The monoisotopic (exact) mass is 265 g/mol. The predicted molar refractivity (Wildman–Crippen MR) is 64.9 cm³/mol. The molecule has 0 fully saturated rings. The molecule has 15 heavy (non-hydrogen) atoms. The number of hydrogen-bond donors (Lipinski definition) is 1. The molecule has 2 nitrogen and oxygen atoms in total. The Morgan fingerprint density at radius 1 is 1.33 bits per heavy atom. The number of nitrogens with one attached hydrogen (secondary N) is 1. The highest BCUT2D eigenvalue weighted by Crippen LogP contribution is 2.21. The van der Waals surface area contributed by atoms with E-state index in [4.69, 9.17) is 4.42 Å². The molecule has 1 aromatic heterocycles. The van der Waals surface area contributed by atoms with Gasteiger partial charge in [-0.05, 0) is 31.2 Å². The highest BCUT2D eigenvalue weighted by Gasteiger charge is 2.05. The molecular formula is C12H12BrNO. The van der Waals surface area contributed by atoms with Crippen LogP contribution in [0.15, 0.2) is 51.7 Å². The van der Waals surface area contributed by atoms with Crippen LogP contribution in [-0.4, -0.2) is 0 Å². The van der Waals surface area contributed by atoms with E-state index in [2.05, 4.69) is 34.2 Å². The van der Waals surface area contributed by atoms with Gasteiger partial charge in [0.25, 0.3) is 0 Å². The second kappa shape index (κ2) is 4.53. The Bertz CT molecular complexity index is 425. The minimum absolute atomic E-state index is 0.248. The van der Waals surface area contributed by atoms with Crippen molar-refractivity contribution in [2.45, 2.75) is 13.0 Å². The molecular weight excluding hydrogens is 254 g/mol. The summed E-state index contributed by atoms with van der Waals surface area (Å²) in [5.41, 5.74) is 2.24. The van der Waals surface area contributed by atoms with Gasteiger partial charge in [0, 0.05) is 15.7 Å². The second-order valence-corrected chi connectivity index (χ2v) is 4.35.